The summed E-state index contributed by atoms with van der Waals surface area (Å²) in [6, 6.07) is 25.4. The van der Waals surface area contributed by atoms with Crippen LogP contribution in [0.25, 0.3) is 11.1 Å². The normalized spacial score (nSPS) is 13.9. The summed E-state index contributed by atoms with van der Waals surface area (Å²) >= 11 is 0. The monoisotopic (exact) mass is 388 g/mol. The second kappa shape index (κ2) is 8.69. The molecule has 0 unspecified atom stereocenters. The number of nitrogens with zero attached hydrogens (tertiary/aromatic N) is 2. The summed E-state index contributed by atoms with van der Waals surface area (Å²) in [5.74, 6) is 0.588. The molecule has 1 N–H and O–H groups in total. The van der Waals surface area contributed by atoms with Crippen LogP contribution in [0.15, 0.2) is 78.9 Å². The first-order valence-corrected chi connectivity index (χ1v) is 9.79. The Hall–Kier alpha value is -3.47. The van der Waals surface area contributed by atoms with Crippen LogP contribution >= 0.6 is 0 Å². The third-order valence-electron chi connectivity index (χ3n) is 5.15. The Kier molecular flexibility index (Phi) is 5.66. The highest BCUT2D eigenvalue weighted by Crippen LogP contribution is 2.24. The van der Waals surface area contributed by atoms with Gasteiger partial charge in [-0.1, -0.05) is 48.5 Å². The molecule has 0 spiro atoms. The minimum absolute atomic E-state index is 0.0186. The number of amides is 1. The number of phenolic OH excluding ortho intramolecular Hbond substituents is 1. The first-order valence-electron chi connectivity index (χ1n) is 9.79. The Balaban J connectivity index is 1.29. The van der Waals surface area contributed by atoms with Gasteiger partial charge in [-0.2, -0.15) is 0 Å². The van der Waals surface area contributed by atoms with E-state index in [0.717, 1.165) is 13.1 Å². The largest absolute Gasteiger partial charge is 0.508 e. The maximum atomic E-state index is 12.4. The van der Waals surface area contributed by atoms with Crippen LogP contribution in [-0.2, 0) is 4.79 Å². The van der Waals surface area contributed by atoms with E-state index in [0.29, 0.717) is 18.8 Å². The Morgan fingerprint density at radius 1 is 0.828 bits per heavy atom. The van der Waals surface area contributed by atoms with Gasteiger partial charge in [-0.25, -0.2) is 0 Å². The van der Waals surface area contributed by atoms with Crippen molar-refractivity contribution < 1.29 is 14.6 Å². The number of carbonyl (C=O) groups excluding carboxylic acids is 1. The second-order valence-electron chi connectivity index (χ2n) is 7.07. The Morgan fingerprint density at radius 2 is 1.52 bits per heavy atom. The summed E-state index contributed by atoms with van der Waals surface area (Å²) in [4.78, 5) is 16.6. The maximum absolute atomic E-state index is 12.4. The lowest BCUT2D eigenvalue weighted by Crippen LogP contribution is -2.50. The lowest BCUT2D eigenvalue weighted by Gasteiger charge is -2.36. The van der Waals surface area contributed by atoms with Crippen LogP contribution in [0.2, 0.25) is 0 Å². The van der Waals surface area contributed by atoms with Gasteiger partial charge in [0.2, 0.25) is 0 Å². The Morgan fingerprint density at radius 3 is 2.21 bits per heavy atom. The summed E-state index contributed by atoms with van der Waals surface area (Å²) in [5.41, 5.74) is 3.58. The van der Waals surface area contributed by atoms with Crippen molar-refractivity contribution in [2.24, 2.45) is 0 Å². The van der Waals surface area contributed by atoms with Crippen LogP contribution in [0.5, 0.6) is 11.5 Å². The van der Waals surface area contributed by atoms with Crippen molar-refractivity contribution in [3.8, 4) is 22.6 Å². The third kappa shape index (κ3) is 4.69. The molecule has 3 aromatic carbocycles. The van der Waals surface area contributed by atoms with Gasteiger partial charge < -0.3 is 19.6 Å². The van der Waals surface area contributed by atoms with E-state index in [-0.39, 0.29) is 18.3 Å². The van der Waals surface area contributed by atoms with Crippen molar-refractivity contribution >= 4 is 11.6 Å². The minimum Gasteiger partial charge on any atom is -0.508 e. The van der Waals surface area contributed by atoms with E-state index < -0.39 is 0 Å². The zero-order chi connectivity index (χ0) is 20.1. The van der Waals surface area contributed by atoms with Gasteiger partial charge in [-0.05, 0) is 35.4 Å². The molecule has 1 heterocycles. The van der Waals surface area contributed by atoms with Crippen molar-refractivity contribution in [1.82, 2.24) is 4.90 Å². The van der Waals surface area contributed by atoms with Crippen LogP contribution < -0.4 is 9.64 Å². The molecule has 1 fully saturated rings. The number of phenols is 1. The zero-order valence-corrected chi connectivity index (χ0v) is 16.2. The van der Waals surface area contributed by atoms with Gasteiger partial charge in [0.1, 0.15) is 11.5 Å². The van der Waals surface area contributed by atoms with E-state index in [2.05, 4.69) is 41.3 Å². The summed E-state index contributed by atoms with van der Waals surface area (Å²) in [5, 5.41) is 9.47. The molecule has 5 heteroatoms. The van der Waals surface area contributed by atoms with E-state index in [1.54, 1.807) is 18.2 Å². The van der Waals surface area contributed by atoms with Gasteiger partial charge in [0.15, 0.2) is 6.61 Å². The molecule has 1 aliphatic rings. The number of piperazine rings is 1. The molecule has 0 aliphatic carbocycles. The Bertz CT molecular complexity index is 949. The molecule has 0 saturated carbocycles. The van der Waals surface area contributed by atoms with E-state index in [1.165, 1.54) is 22.9 Å². The average Bonchev–Trinajstić information content (AvgIpc) is 2.78. The van der Waals surface area contributed by atoms with E-state index in [9.17, 15) is 9.90 Å². The standard InChI is InChI=1S/C24H24N2O3/c27-22-7-4-8-23(17-22)29-18-24(28)26-15-13-25(14-16-26)21-11-9-20(10-12-21)19-5-2-1-3-6-19/h1-12,17,27H,13-16,18H2. The number of ether oxygens (including phenoxy) is 1. The molecule has 0 atom stereocenters. The summed E-state index contributed by atoms with van der Waals surface area (Å²) in [6.45, 7) is 2.91. The Labute approximate surface area is 170 Å². The predicted molar refractivity (Wildman–Crippen MR) is 114 cm³/mol. The highest BCUT2D eigenvalue weighted by Gasteiger charge is 2.21. The van der Waals surface area contributed by atoms with E-state index in [4.69, 9.17) is 4.74 Å². The quantitative estimate of drug-likeness (QED) is 0.723. The maximum Gasteiger partial charge on any atom is 0.260 e. The number of carbonyl (C=O) groups is 1. The van der Waals surface area contributed by atoms with Crippen molar-refractivity contribution in [3.63, 3.8) is 0 Å². The number of rotatable bonds is 5. The molecule has 29 heavy (non-hydrogen) atoms. The smallest absolute Gasteiger partial charge is 0.260 e. The van der Waals surface area contributed by atoms with E-state index >= 15 is 0 Å². The lowest BCUT2D eigenvalue weighted by atomic mass is 10.1. The van der Waals surface area contributed by atoms with Gasteiger partial charge in [0, 0.05) is 37.9 Å². The third-order valence-corrected chi connectivity index (χ3v) is 5.15. The number of aromatic hydroxyl groups is 1. The van der Waals surface area contributed by atoms with Crippen LogP contribution in [0, 0.1) is 0 Å². The fourth-order valence-corrected chi connectivity index (χ4v) is 3.52. The number of anilines is 1. The van der Waals surface area contributed by atoms with Gasteiger partial charge >= 0.3 is 0 Å². The van der Waals surface area contributed by atoms with Gasteiger partial charge in [-0.15, -0.1) is 0 Å². The fraction of sp³-hybridized carbons (Fsp3) is 0.208. The van der Waals surface area contributed by atoms with Gasteiger partial charge in [0.25, 0.3) is 5.91 Å². The SMILES string of the molecule is O=C(COc1cccc(O)c1)N1CCN(c2ccc(-c3ccccc3)cc2)CC1. The van der Waals surface area contributed by atoms with Crippen LogP contribution in [0.3, 0.4) is 0 Å². The summed E-state index contributed by atoms with van der Waals surface area (Å²) in [6.07, 6.45) is 0. The van der Waals surface area contributed by atoms with Gasteiger partial charge in [-0.3, -0.25) is 4.79 Å². The molecule has 148 valence electrons. The fourth-order valence-electron chi connectivity index (χ4n) is 3.52. The zero-order valence-electron chi connectivity index (χ0n) is 16.2. The average molecular weight is 388 g/mol. The lowest BCUT2D eigenvalue weighted by molar-refractivity contribution is -0.133. The molecule has 0 bridgehead atoms. The van der Waals surface area contributed by atoms with Crippen LogP contribution in [0.1, 0.15) is 0 Å². The van der Waals surface area contributed by atoms with E-state index in [1.807, 2.05) is 23.1 Å². The summed E-state index contributed by atoms with van der Waals surface area (Å²) in [7, 11) is 0. The molecule has 3 aromatic rings. The molecule has 1 aliphatic heterocycles. The first kappa shape index (κ1) is 18.9. The highest BCUT2D eigenvalue weighted by molar-refractivity contribution is 5.78. The second-order valence-corrected chi connectivity index (χ2v) is 7.07. The molecular formula is C24H24N2O3. The molecule has 1 saturated heterocycles. The van der Waals surface area contributed by atoms with Crippen LogP contribution in [0.4, 0.5) is 5.69 Å². The van der Waals surface area contributed by atoms with Crippen molar-refractivity contribution in [2.75, 3.05) is 37.7 Å². The number of benzene rings is 3. The minimum atomic E-state index is -0.0348. The van der Waals surface area contributed by atoms with Crippen LogP contribution in [-0.4, -0.2) is 48.7 Å². The molecule has 4 rings (SSSR count). The van der Waals surface area contributed by atoms with Crippen molar-refractivity contribution in [1.29, 1.82) is 0 Å². The van der Waals surface area contributed by atoms with Crippen molar-refractivity contribution in [2.45, 2.75) is 0 Å². The first-order chi connectivity index (χ1) is 14.2. The topological polar surface area (TPSA) is 53.0 Å². The molecule has 0 radical (unpaired) electrons. The van der Waals surface area contributed by atoms with Crippen molar-refractivity contribution in [3.05, 3.63) is 78.9 Å². The molecular weight excluding hydrogens is 364 g/mol. The number of hydrogen-bond acceptors (Lipinski definition) is 4. The summed E-state index contributed by atoms with van der Waals surface area (Å²) < 4.78 is 5.50. The molecule has 5 nitrogen and oxygen atoms in total. The highest BCUT2D eigenvalue weighted by atomic mass is 16.5. The molecule has 0 aromatic heterocycles. The van der Waals surface area contributed by atoms with Gasteiger partial charge in [0.05, 0.1) is 0 Å². The predicted octanol–water partition coefficient (Wildman–Crippen LogP) is 3.79. The number of hydrogen-bond donors (Lipinski definition) is 1. The molecule has 1 amide bonds.